The lowest BCUT2D eigenvalue weighted by atomic mass is 10.0. The Morgan fingerprint density at radius 3 is 3.06 bits per heavy atom. The van der Waals surface area contributed by atoms with E-state index in [1.807, 2.05) is 6.92 Å². The third-order valence-electron chi connectivity index (χ3n) is 2.59. The number of carboxylic acids is 1. The van der Waals surface area contributed by atoms with Gasteiger partial charge in [-0.15, -0.1) is 10.2 Å². The zero-order valence-electron chi connectivity index (χ0n) is 9.72. The van der Waals surface area contributed by atoms with Gasteiger partial charge in [-0.1, -0.05) is 17.8 Å². The van der Waals surface area contributed by atoms with Gasteiger partial charge in [-0.05, 0) is 27.9 Å². The van der Waals surface area contributed by atoms with Crippen LogP contribution in [0, 0.1) is 5.92 Å². The average molecular weight is 268 g/mol. The Balaban J connectivity index is 2.14. The predicted octanol–water partition coefficient (Wildman–Crippen LogP) is 0.692. The molecule has 1 N–H and O–H groups in total. The van der Waals surface area contributed by atoms with E-state index in [2.05, 4.69) is 25.1 Å². The second-order valence-electron chi connectivity index (χ2n) is 3.84. The van der Waals surface area contributed by atoms with Crippen LogP contribution in [0.3, 0.4) is 0 Å². The molecule has 0 spiro atoms. The Labute approximate surface area is 107 Å². The summed E-state index contributed by atoms with van der Waals surface area (Å²) >= 11 is 1.20. The number of aliphatic carboxylic acids is 1. The van der Waals surface area contributed by atoms with Gasteiger partial charge in [0.2, 0.25) is 0 Å². The largest absolute Gasteiger partial charge is 0.481 e. The summed E-state index contributed by atoms with van der Waals surface area (Å²) in [5, 5.41) is 24.0. The second-order valence-corrected chi connectivity index (χ2v) is 4.62. The van der Waals surface area contributed by atoms with Crippen molar-refractivity contribution in [1.82, 2.24) is 29.8 Å². The van der Waals surface area contributed by atoms with Crippen molar-refractivity contribution in [2.75, 3.05) is 0 Å². The zero-order valence-corrected chi connectivity index (χ0v) is 10.5. The van der Waals surface area contributed by atoms with E-state index in [1.165, 1.54) is 11.5 Å². The van der Waals surface area contributed by atoms with Crippen LogP contribution >= 0.6 is 11.5 Å². The number of hydrogen-bond acceptors (Lipinski definition) is 7. The highest BCUT2D eigenvalue weighted by Gasteiger charge is 2.17. The summed E-state index contributed by atoms with van der Waals surface area (Å²) in [5.41, 5.74) is 0. The molecule has 1 unspecified atom stereocenters. The first-order chi connectivity index (χ1) is 8.70. The number of rotatable bonds is 6. The maximum Gasteiger partial charge on any atom is 0.303 e. The second kappa shape index (κ2) is 5.63. The first kappa shape index (κ1) is 12.6. The van der Waals surface area contributed by atoms with Crippen LogP contribution in [0.25, 0.3) is 10.7 Å². The Morgan fingerprint density at radius 1 is 1.61 bits per heavy atom. The van der Waals surface area contributed by atoms with Crippen molar-refractivity contribution in [2.45, 2.75) is 26.3 Å². The fraction of sp³-hybridized carbons (Fsp3) is 0.556. The van der Waals surface area contributed by atoms with Gasteiger partial charge in [0.15, 0.2) is 5.82 Å². The highest BCUT2D eigenvalue weighted by molar-refractivity contribution is 7.09. The molecular weight excluding hydrogens is 256 g/mol. The molecule has 96 valence electrons. The number of nitrogens with zero attached hydrogens (tertiary/aromatic N) is 6. The SMILES string of the molecule is CCC(CC(=O)O)Cn1nnnc1-c1cnns1. The molecule has 1 atom stereocenters. The van der Waals surface area contributed by atoms with Crippen molar-refractivity contribution in [3.8, 4) is 10.7 Å². The normalized spacial score (nSPS) is 12.5. The maximum atomic E-state index is 10.7. The van der Waals surface area contributed by atoms with Gasteiger partial charge in [0.1, 0.15) is 4.88 Å². The molecule has 0 radical (unpaired) electrons. The third-order valence-corrected chi connectivity index (χ3v) is 3.25. The van der Waals surface area contributed by atoms with Crippen LogP contribution < -0.4 is 0 Å². The van der Waals surface area contributed by atoms with Gasteiger partial charge in [-0.3, -0.25) is 4.79 Å². The van der Waals surface area contributed by atoms with Crippen LogP contribution in [0.2, 0.25) is 0 Å². The lowest BCUT2D eigenvalue weighted by Crippen LogP contribution is -2.16. The fourth-order valence-corrected chi connectivity index (χ4v) is 2.10. The van der Waals surface area contributed by atoms with Crippen LogP contribution in [0.1, 0.15) is 19.8 Å². The number of hydrogen-bond donors (Lipinski definition) is 1. The van der Waals surface area contributed by atoms with Crippen LogP contribution in [-0.2, 0) is 11.3 Å². The minimum Gasteiger partial charge on any atom is -0.481 e. The third kappa shape index (κ3) is 2.86. The van der Waals surface area contributed by atoms with E-state index in [-0.39, 0.29) is 12.3 Å². The summed E-state index contributed by atoms with van der Waals surface area (Å²) < 4.78 is 5.36. The molecule has 2 heterocycles. The van der Waals surface area contributed by atoms with E-state index in [9.17, 15) is 4.79 Å². The molecular formula is C9H12N6O2S. The quantitative estimate of drug-likeness (QED) is 0.821. The summed E-state index contributed by atoms with van der Waals surface area (Å²) in [6.45, 7) is 2.43. The number of carboxylic acid groups (broad SMARTS) is 1. The van der Waals surface area contributed by atoms with E-state index in [4.69, 9.17) is 5.11 Å². The summed E-state index contributed by atoms with van der Waals surface area (Å²) in [5.74, 6) is -0.226. The molecule has 0 bridgehead atoms. The van der Waals surface area contributed by atoms with E-state index in [1.54, 1.807) is 10.9 Å². The van der Waals surface area contributed by atoms with Gasteiger partial charge >= 0.3 is 5.97 Å². The first-order valence-electron chi connectivity index (χ1n) is 5.46. The molecule has 9 heteroatoms. The molecule has 18 heavy (non-hydrogen) atoms. The molecule has 0 amide bonds. The van der Waals surface area contributed by atoms with Gasteiger partial charge < -0.3 is 5.11 Å². The Kier molecular flexibility index (Phi) is 3.92. The highest BCUT2D eigenvalue weighted by Crippen LogP contribution is 2.20. The van der Waals surface area contributed by atoms with Crippen molar-refractivity contribution in [3.63, 3.8) is 0 Å². The summed E-state index contributed by atoms with van der Waals surface area (Å²) in [6.07, 6.45) is 2.45. The molecule has 0 fully saturated rings. The lowest BCUT2D eigenvalue weighted by molar-refractivity contribution is -0.138. The van der Waals surface area contributed by atoms with E-state index in [0.29, 0.717) is 12.4 Å². The molecule has 0 saturated heterocycles. The molecule has 0 aliphatic carbocycles. The predicted molar refractivity (Wildman–Crippen MR) is 62.8 cm³/mol. The number of carbonyl (C=O) groups is 1. The smallest absolute Gasteiger partial charge is 0.303 e. The fourth-order valence-electron chi connectivity index (χ4n) is 1.60. The minimum absolute atomic E-state index is 0.00521. The average Bonchev–Trinajstić information content (AvgIpc) is 2.96. The molecule has 2 aromatic heterocycles. The Bertz CT molecular complexity index is 511. The van der Waals surface area contributed by atoms with Crippen LogP contribution in [0.5, 0.6) is 0 Å². The standard InChI is InChI=1S/C9H12N6O2S/c1-2-6(3-8(16)17)5-15-9(11-12-13-15)7-4-10-14-18-7/h4,6H,2-3,5H2,1H3,(H,16,17). The molecule has 0 aliphatic rings. The number of tetrazole rings is 1. The molecule has 8 nitrogen and oxygen atoms in total. The van der Waals surface area contributed by atoms with Gasteiger partial charge in [-0.2, -0.15) is 0 Å². The topological polar surface area (TPSA) is 107 Å². The maximum absolute atomic E-state index is 10.7. The first-order valence-corrected chi connectivity index (χ1v) is 6.23. The molecule has 0 aromatic carbocycles. The van der Waals surface area contributed by atoms with Crippen molar-refractivity contribution in [2.24, 2.45) is 5.92 Å². The van der Waals surface area contributed by atoms with E-state index < -0.39 is 5.97 Å². The van der Waals surface area contributed by atoms with Crippen molar-refractivity contribution < 1.29 is 9.90 Å². The van der Waals surface area contributed by atoms with Crippen molar-refractivity contribution in [1.29, 1.82) is 0 Å². The lowest BCUT2D eigenvalue weighted by Gasteiger charge is -2.12. The summed E-state index contributed by atoms with van der Waals surface area (Å²) in [4.78, 5) is 11.5. The van der Waals surface area contributed by atoms with Crippen molar-refractivity contribution >= 4 is 17.5 Å². The van der Waals surface area contributed by atoms with Gasteiger partial charge in [0.05, 0.1) is 6.20 Å². The summed E-state index contributed by atoms with van der Waals surface area (Å²) in [6, 6.07) is 0. The highest BCUT2D eigenvalue weighted by atomic mass is 32.1. The van der Waals surface area contributed by atoms with Gasteiger partial charge in [0, 0.05) is 13.0 Å². The van der Waals surface area contributed by atoms with Crippen LogP contribution in [0.15, 0.2) is 6.20 Å². The Hall–Kier alpha value is -1.90. The zero-order chi connectivity index (χ0) is 13.0. The van der Waals surface area contributed by atoms with E-state index >= 15 is 0 Å². The van der Waals surface area contributed by atoms with Crippen molar-refractivity contribution in [3.05, 3.63) is 6.20 Å². The molecule has 2 aromatic rings. The van der Waals surface area contributed by atoms with Crippen LogP contribution in [0.4, 0.5) is 0 Å². The van der Waals surface area contributed by atoms with Gasteiger partial charge in [-0.25, -0.2) is 4.68 Å². The number of aromatic nitrogens is 6. The molecule has 2 rings (SSSR count). The summed E-state index contributed by atoms with van der Waals surface area (Å²) in [7, 11) is 0. The molecule has 0 saturated carbocycles. The molecule has 0 aliphatic heterocycles. The minimum atomic E-state index is -0.809. The monoisotopic (exact) mass is 268 g/mol. The van der Waals surface area contributed by atoms with Crippen LogP contribution in [-0.4, -0.2) is 40.9 Å². The van der Waals surface area contributed by atoms with E-state index in [0.717, 1.165) is 11.3 Å². The van der Waals surface area contributed by atoms with Gasteiger partial charge in [0.25, 0.3) is 0 Å². The Morgan fingerprint density at radius 2 is 2.44 bits per heavy atom.